The first-order valence-electron chi connectivity index (χ1n) is 8.83. The number of para-hydroxylation sites is 2. The zero-order valence-electron chi connectivity index (χ0n) is 15.3. The Balaban J connectivity index is 0.000000195. The van der Waals surface area contributed by atoms with Crippen molar-refractivity contribution in [3.05, 3.63) is 96.6 Å². The van der Waals surface area contributed by atoms with Gasteiger partial charge in [-0.05, 0) is 48.6 Å². The third-order valence-corrected chi connectivity index (χ3v) is 3.86. The van der Waals surface area contributed by atoms with Gasteiger partial charge in [0.15, 0.2) is 0 Å². The van der Waals surface area contributed by atoms with Crippen molar-refractivity contribution in [1.29, 1.82) is 0 Å². The van der Waals surface area contributed by atoms with Crippen molar-refractivity contribution < 1.29 is 0 Å². The smallest absolute Gasteiger partial charge is 0.0313 e. The van der Waals surface area contributed by atoms with Crippen molar-refractivity contribution in [2.75, 3.05) is 11.5 Å². The van der Waals surface area contributed by atoms with Gasteiger partial charge >= 0.3 is 0 Å². The largest absolute Gasteiger partial charge is 0.399 e. The van der Waals surface area contributed by atoms with Crippen LogP contribution in [-0.2, 0) is 0 Å². The summed E-state index contributed by atoms with van der Waals surface area (Å²) in [4.78, 5) is 0. The van der Waals surface area contributed by atoms with E-state index in [1.807, 2.05) is 60.7 Å². The van der Waals surface area contributed by atoms with Gasteiger partial charge in [-0.15, -0.1) is 0 Å². The summed E-state index contributed by atoms with van der Waals surface area (Å²) in [5, 5.41) is 0. The van der Waals surface area contributed by atoms with Crippen molar-refractivity contribution in [2.24, 2.45) is 0 Å². The monoisotopic (exact) mass is 334 g/mol. The number of hydrogen-bond donors (Lipinski definition) is 2. The number of rotatable bonds is 3. The van der Waals surface area contributed by atoms with Crippen LogP contribution in [0.15, 0.2) is 91.0 Å². The second-order valence-corrected chi connectivity index (χ2v) is 5.75. The molecule has 2 heteroatoms. The van der Waals surface area contributed by atoms with Gasteiger partial charge in [-0.1, -0.05) is 80.6 Å². The van der Waals surface area contributed by atoms with Crippen LogP contribution in [0.5, 0.6) is 0 Å². The fourth-order valence-electron chi connectivity index (χ4n) is 2.39. The minimum atomic E-state index is 0.760. The Morgan fingerprint density at radius 3 is 1.12 bits per heavy atom. The van der Waals surface area contributed by atoms with Gasteiger partial charge in [0.2, 0.25) is 0 Å². The van der Waals surface area contributed by atoms with Crippen LogP contribution in [0.4, 0.5) is 11.4 Å². The quantitative estimate of drug-likeness (QED) is 0.566. The van der Waals surface area contributed by atoms with Gasteiger partial charge in [0.05, 0.1) is 0 Å². The highest BCUT2D eigenvalue weighted by atomic mass is 14.5. The predicted molar refractivity (Wildman–Crippen MR) is 111 cm³/mol. The Morgan fingerprint density at radius 1 is 0.560 bits per heavy atom. The SMILES string of the molecule is CCC(CC)c1ccccc1.Nc1ccccc1.Nc1ccccc1. The summed E-state index contributed by atoms with van der Waals surface area (Å²) in [7, 11) is 0. The molecule has 0 saturated carbocycles. The molecule has 0 fully saturated rings. The lowest BCUT2D eigenvalue weighted by Crippen LogP contribution is -1.93. The molecule has 0 aliphatic rings. The lowest BCUT2D eigenvalue weighted by Gasteiger charge is -2.11. The first-order chi connectivity index (χ1) is 12.2. The van der Waals surface area contributed by atoms with Gasteiger partial charge in [-0.25, -0.2) is 0 Å². The molecule has 0 aliphatic carbocycles. The fraction of sp³-hybridized carbons (Fsp3) is 0.217. The maximum Gasteiger partial charge on any atom is 0.0313 e. The van der Waals surface area contributed by atoms with Gasteiger partial charge in [0.25, 0.3) is 0 Å². The number of nitrogen functional groups attached to an aromatic ring is 2. The van der Waals surface area contributed by atoms with Crippen LogP contribution in [0.2, 0.25) is 0 Å². The maximum atomic E-state index is 5.36. The zero-order valence-corrected chi connectivity index (χ0v) is 15.3. The lowest BCUT2D eigenvalue weighted by atomic mass is 9.94. The van der Waals surface area contributed by atoms with E-state index >= 15 is 0 Å². The van der Waals surface area contributed by atoms with Crippen LogP contribution in [0.1, 0.15) is 38.2 Å². The van der Waals surface area contributed by atoms with Crippen molar-refractivity contribution in [2.45, 2.75) is 32.6 Å². The van der Waals surface area contributed by atoms with Gasteiger partial charge in [-0.2, -0.15) is 0 Å². The minimum Gasteiger partial charge on any atom is -0.399 e. The highest BCUT2D eigenvalue weighted by Crippen LogP contribution is 2.21. The third-order valence-electron chi connectivity index (χ3n) is 3.86. The molecule has 0 bridgehead atoms. The predicted octanol–water partition coefficient (Wildman–Crippen LogP) is 6.13. The van der Waals surface area contributed by atoms with E-state index in [4.69, 9.17) is 11.5 Å². The molecule has 3 aromatic rings. The van der Waals surface area contributed by atoms with E-state index in [9.17, 15) is 0 Å². The summed E-state index contributed by atoms with van der Waals surface area (Å²) in [6.07, 6.45) is 2.50. The van der Waals surface area contributed by atoms with E-state index in [0.29, 0.717) is 0 Å². The van der Waals surface area contributed by atoms with Crippen molar-refractivity contribution in [1.82, 2.24) is 0 Å². The van der Waals surface area contributed by atoms with E-state index in [0.717, 1.165) is 17.3 Å². The van der Waals surface area contributed by atoms with Crippen molar-refractivity contribution >= 4 is 11.4 Å². The van der Waals surface area contributed by atoms with Gasteiger partial charge < -0.3 is 11.5 Å². The molecule has 0 aromatic heterocycles. The molecule has 0 amide bonds. The molecule has 0 spiro atoms. The summed E-state index contributed by atoms with van der Waals surface area (Å²) in [6.45, 7) is 4.50. The van der Waals surface area contributed by atoms with Crippen LogP contribution in [0, 0.1) is 0 Å². The summed E-state index contributed by atoms with van der Waals surface area (Å²) in [5.41, 5.74) is 13.8. The van der Waals surface area contributed by atoms with Crippen molar-refractivity contribution in [3.8, 4) is 0 Å². The van der Waals surface area contributed by atoms with Gasteiger partial charge in [-0.3, -0.25) is 0 Å². The topological polar surface area (TPSA) is 52.0 Å². The summed E-state index contributed by atoms with van der Waals surface area (Å²) in [6, 6.07) is 29.7. The molecule has 0 aliphatic heterocycles. The van der Waals surface area contributed by atoms with Crippen LogP contribution in [0.25, 0.3) is 0 Å². The molecule has 0 radical (unpaired) electrons. The summed E-state index contributed by atoms with van der Waals surface area (Å²) < 4.78 is 0. The first kappa shape index (κ1) is 20.3. The van der Waals surface area contributed by atoms with E-state index in [2.05, 4.69) is 44.2 Å². The fourth-order valence-corrected chi connectivity index (χ4v) is 2.39. The molecule has 2 nitrogen and oxygen atoms in total. The molecular formula is C23H30N2. The minimum absolute atomic E-state index is 0.760. The average molecular weight is 335 g/mol. The number of hydrogen-bond acceptors (Lipinski definition) is 2. The molecule has 3 aromatic carbocycles. The molecule has 4 N–H and O–H groups in total. The van der Waals surface area contributed by atoms with E-state index in [1.165, 1.54) is 18.4 Å². The van der Waals surface area contributed by atoms with E-state index in [1.54, 1.807) is 0 Å². The zero-order chi connectivity index (χ0) is 18.3. The molecule has 0 atom stereocenters. The van der Waals surface area contributed by atoms with Crippen LogP contribution >= 0.6 is 0 Å². The standard InChI is InChI=1S/C11H16.2C6H7N/c1-3-10(4-2)11-8-6-5-7-9-11;2*7-6-4-2-1-3-5-6/h5-10H,3-4H2,1-2H3;2*1-5H,7H2. The molecule has 0 heterocycles. The second-order valence-electron chi connectivity index (χ2n) is 5.75. The van der Waals surface area contributed by atoms with Crippen molar-refractivity contribution in [3.63, 3.8) is 0 Å². The molecular weight excluding hydrogens is 304 g/mol. The maximum absolute atomic E-state index is 5.36. The van der Waals surface area contributed by atoms with Crippen LogP contribution < -0.4 is 11.5 Å². The Kier molecular flexibility index (Phi) is 10.3. The highest BCUT2D eigenvalue weighted by molar-refractivity contribution is 5.36. The highest BCUT2D eigenvalue weighted by Gasteiger charge is 2.03. The van der Waals surface area contributed by atoms with E-state index in [-0.39, 0.29) is 0 Å². The Labute approximate surface area is 152 Å². The molecule has 0 saturated heterocycles. The molecule has 25 heavy (non-hydrogen) atoms. The van der Waals surface area contributed by atoms with Gasteiger partial charge in [0, 0.05) is 11.4 Å². The first-order valence-corrected chi connectivity index (χ1v) is 8.83. The summed E-state index contributed by atoms with van der Waals surface area (Å²) >= 11 is 0. The summed E-state index contributed by atoms with van der Waals surface area (Å²) in [5.74, 6) is 0.760. The molecule has 0 unspecified atom stereocenters. The second kappa shape index (κ2) is 12.7. The Hall–Kier alpha value is -2.74. The third kappa shape index (κ3) is 9.21. The number of anilines is 2. The van der Waals surface area contributed by atoms with Crippen LogP contribution in [-0.4, -0.2) is 0 Å². The number of nitrogens with two attached hydrogens (primary N) is 2. The molecule has 3 rings (SSSR count). The normalized spacial score (nSPS) is 9.40. The lowest BCUT2D eigenvalue weighted by molar-refractivity contribution is 0.642. The van der Waals surface area contributed by atoms with Gasteiger partial charge in [0.1, 0.15) is 0 Å². The average Bonchev–Trinajstić information content (AvgIpc) is 2.66. The Morgan fingerprint density at radius 2 is 0.880 bits per heavy atom. The van der Waals surface area contributed by atoms with Crippen LogP contribution in [0.3, 0.4) is 0 Å². The molecule has 132 valence electrons. The Bertz CT molecular complexity index is 610. The number of benzene rings is 3. The van der Waals surface area contributed by atoms with E-state index < -0.39 is 0 Å².